The molecule has 1 aromatic carbocycles. The van der Waals surface area contributed by atoms with Crippen LogP contribution >= 0.6 is 0 Å². The molecular formula is C72H128O9S. The number of benzene rings is 1. The number of methoxy groups -OCH3 is 2. The third-order valence-electron chi connectivity index (χ3n) is 27.5. The van der Waals surface area contributed by atoms with E-state index in [1.54, 1.807) is 19.2 Å². The first-order valence-electron chi connectivity index (χ1n) is 32.9. The van der Waals surface area contributed by atoms with Crippen LogP contribution in [0.25, 0.3) is 0 Å². The summed E-state index contributed by atoms with van der Waals surface area (Å²) in [5, 5.41) is 51.1. The number of aliphatic hydroxyl groups is 5. The van der Waals surface area contributed by atoms with Crippen molar-refractivity contribution >= 4 is 9.84 Å². The SMILES string of the molecule is C.C.C.CO.COC1CCC(O)(CC([C@@H](C)[C@H]2CC[C@H]3[C@@H]4CC[C@H]5C[C@@](C)(O)CC[C@]5(C)[C@H]4CC[C@]23C)S(=O)(=O)c2ccccc2)CC1.COC1CCC(O)(CC[C@@H](C)[C@H]2CC[C@H]3[C@@H]4CC[C@H]5C[C@@](C)(O)CC[C@]5(C)[C@H]4CC[C@]23C)CC1. The van der Waals surface area contributed by atoms with E-state index in [9.17, 15) is 28.8 Å². The monoisotopic (exact) mass is 1170 g/mol. The molecule has 10 saturated carbocycles. The minimum absolute atomic E-state index is 0. The largest absolute Gasteiger partial charge is 0.400 e. The van der Waals surface area contributed by atoms with Gasteiger partial charge in [0, 0.05) is 21.3 Å². The fourth-order valence-electron chi connectivity index (χ4n) is 22.6. The third kappa shape index (κ3) is 13.3. The molecule has 1 aromatic rings. The summed E-state index contributed by atoms with van der Waals surface area (Å²) in [6, 6.07) is 9.00. The van der Waals surface area contributed by atoms with Crippen molar-refractivity contribution in [1.82, 2.24) is 0 Å². The molecule has 0 bridgehead atoms. The maximum Gasteiger partial charge on any atom is 0.181 e. The normalized spacial score (nSPS) is 46.8. The Hall–Kier alpha value is -1.11. The van der Waals surface area contributed by atoms with E-state index in [0.29, 0.717) is 76.1 Å². The topological polar surface area (TPSA) is 154 Å². The summed E-state index contributed by atoms with van der Waals surface area (Å²) < 4.78 is 40.0. The second-order valence-electron chi connectivity index (χ2n) is 31.5. The van der Waals surface area contributed by atoms with E-state index < -0.39 is 37.5 Å². The third-order valence-corrected chi connectivity index (χ3v) is 29.8. The van der Waals surface area contributed by atoms with Gasteiger partial charge in [-0.15, -0.1) is 0 Å². The maximum atomic E-state index is 14.5. The number of hydrogen-bond donors (Lipinski definition) is 5. The smallest absolute Gasteiger partial charge is 0.181 e. The van der Waals surface area contributed by atoms with E-state index in [2.05, 4.69) is 48.5 Å². The summed E-state index contributed by atoms with van der Waals surface area (Å²) in [5.74, 6) is 7.95. The van der Waals surface area contributed by atoms with E-state index in [4.69, 9.17) is 14.6 Å². The van der Waals surface area contributed by atoms with E-state index in [0.717, 1.165) is 126 Å². The highest BCUT2D eigenvalue weighted by molar-refractivity contribution is 7.92. The quantitative estimate of drug-likeness (QED) is 0.138. The summed E-state index contributed by atoms with van der Waals surface area (Å²) in [4.78, 5) is 0.392. The lowest BCUT2D eigenvalue weighted by Gasteiger charge is -2.62. The predicted octanol–water partition coefficient (Wildman–Crippen LogP) is 16.2. The average Bonchev–Trinajstić information content (AvgIpc) is 4.02. The van der Waals surface area contributed by atoms with Crippen molar-refractivity contribution in [2.45, 2.75) is 309 Å². The zero-order chi connectivity index (χ0) is 57.2. The van der Waals surface area contributed by atoms with Crippen molar-refractivity contribution in [3.63, 3.8) is 0 Å². The Morgan fingerprint density at radius 3 is 1.37 bits per heavy atom. The van der Waals surface area contributed by atoms with Gasteiger partial charge < -0.3 is 35.0 Å². The van der Waals surface area contributed by atoms with Gasteiger partial charge in [0.25, 0.3) is 0 Å². The van der Waals surface area contributed by atoms with Gasteiger partial charge in [-0.05, 0) is 305 Å². The van der Waals surface area contributed by atoms with Crippen LogP contribution in [-0.2, 0) is 19.3 Å². The van der Waals surface area contributed by atoms with Gasteiger partial charge in [0.15, 0.2) is 9.84 Å². The summed E-state index contributed by atoms with van der Waals surface area (Å²) in [6.07, 6.45) is 31.4. The fourth-order valence-corrected chi connectivity index (χ4v) is 24.8. The van der Waals surface area contributed by atoms with E-state index in [1.807, 2.05) is 32.2 Å². The molecule has 0 radical (unpaired) electrons. The molecule has 11 rings (SSSR count). The van der Waals surface area contributed by atoms with Crippen LogP contribution in [0.1, 0.15) is 264 Å². The molecule has 0 amide bonds. The van der Waals surface area contributed by atoms with Crippen molar-refractivity contribution in [1.29, 1.82) is 0 Å². The zero-order valence-corrected chi connectivity index (χ0v) is 52.6. The second kappa shape index (κ2) is 26.5. The highest BCUT2D eigenvalue weighted by Gasteiger charge is 2.64. The van der Waals surface area contributed by atoms with E-state index in [-0.39, 0.29) is 39.7 Å². The molecule has 5 N–H and O–H groups in total. The average molecular weight is 1170 g/mol. The standard InChI is InChI=1S/C37H58O5S.C31H54O3.CH4O.3CH4/c1-25(33(43(40,41)28-9-7-6-8-10-28)24-37(39)19-15-27(42-5)16-20-37)30-13-14-31-29-12-11-26-23-34(2,38)21-22-35(26,3)32(29)17-18-36(30,31)4;1-21(10-15-31(33)16-11-23(34-5)12-17-31)25-8-9-26-24-7-6-22-20-28(2,32)18-19-29(22,3)27(24)13-14-30(25,26)4;1-2;;;/h6-10,25-27,29-33,38-39H,11-24H2,1-5H3;21-27,32-33H,6-20H2,1-5H3;2H,1H3;3*1H4/t25-,26-,27?,29-,30+,31-,32-,33?,34-,35-,36+,37?;21-,22+,23?,24+,25-,26+,27+,28+,29+,30-,31?;;;;/m01..../s1. The van der Waals surface area contributed by atoms with Crippen LogP contribution in [-0.4, -0.2) is 95.1 Å². The summed E-state index contributed by atoms with van der Waals surface area (Å²) in [7, 11) is 0.912. The van der Waals surface area contributed by atoms with E-state index in [1.165, 1.54) is 83.5 Å². The van der Waals surface area contributed by atoms with Crippen LogP contribution in [0.2, 0.25) is 0 Å². The van der Waals surface area contributed by atoms with Crippen LogP contribution in [0.3, 0.4) is 0 Å². The minimum atomic E-state index is -3.63. The molecule has 0 spiro atoms. The predicted molar refractivity (Wildman–Crippen MR) is 338 cm³/mol. The molecule has 0 aliphatic heterocycles. The Labute approximate surface area is 503 Å². The van der Waals surface area contributed by atoms with Gasteiger partial charge in [0.1, 0.15) is 0 Å². The van der Waals surface area contributed by atoms with Gasteiger partial charge in [-0.3, -0.25) is 0 Å². The zero-order valence-electron chi connectivity index (χ0n) is 51.8. The van der Waals surface area contributed by atoms with Crippen molar-refractivity contribution in [3.05, 3.63) is 30.3 Å². The van der Waals surface area contributed by atoms with Gasteiger partial charge >= 0.3 is 0 Å². The molecule has 10 heteroatoms. The number of fused-ring (bicyclic) bond motifs is 10. The fraction of sp³-hybridized carbons (Fsp3) is 0.917. The Morgan fingerprint density at radius 2 is 0.915 bits per heavy atom. The molecule has 10 fully saturated rings. The molecule has 476 valence electrons. The van der Waals surface area contributed by atoms with Gasteiger partial charge in [-0.25, -0.2) is 8.42 Å². The Morgan fingerprint density at radius 1 is 0.500 bits per heavy atom. The molecule has 82 heavy (non-hydrogen) atoms. The molecule has 19 atom stereocenters. The molecule has 0 heterocycles. The van der Waals surface area contributed by atoms with Gasteiger partial charge in [-0.1, -0.05) is 82.0 Å². The molecular weight excluding hydrogens is 1040 g/mol. The maximum absolute atomic E-state index is 14.5. The first kappa shape index (κ1) is 70.0. The molecule has 0 aromatic heterocycles. The van der Waals surface area contributed by atoms with Crippen LogP contribution in [0.15, 0.2) is 35.2 Å². The van der Waals surface area contributed by atoms with Gasteiger partial charge in [-0.2, -0.15) is 0 Å². The van der Waals surface area contributed by atoms with Crippen LogP contribution in [0.4, 0.5) is 0 Å². The summed E-state index contributed by atoms with van der Waals surface area (Å²) in [5.41, 5.74) is -0.955. The number of rotatable bonds is 12. The van der Waals surface area contributed by atoms with Crippen molar-refractivity contribution < 1.29 is 43.4 Å². The van der Waals surface area contributed by atoms with Crippen molar-refractivity contribution in [3.8, 4) is 0 Å². The lowest BCUT2D eigenvalue weighted by molar-refractivity contribution is -0.148. The second-order valence-corrected chi connectivity index (χ2v) is 33.6. The van der Waals surface area contributed by atoms with Gasteiger partial charge in [0.05, 0.1) is 44.8 Å². The molecule has 10 aliphatic rings. The Bertz CT molecular complexity index is 2270. The van der Waals surface area contributed by atoms with Crippen LogP contribution in [0, 0.1) is 92.7 Å². The first-order chi connectivity index (χ1) is 37.2. The lowest BCUT2D eigenvalue weighted by atomic mass is 9.43. The number of ether oxygens (including phenoxy) is 2. The Balaban J connectivity index is 0.000000253. The lowest BCUT2D eigenvalue weighted by Crippen LogP contribution is -2.56. The molecule has 1 unspecified atom stereocenters. The first-order valence-corrected chi connectivity index (χ1v) is 34.5. The number of hydrogen-bond acceptors (Lipinski definition) is 9. The van der Waals surface area contributed by atoms with Crippen molar-refractivity contribution in [2.24, 2.45) is 92.7 Å². The molecule has 0 saturated heterocycles. The van der Waals surface area contributed by atoms with Crippen molar-refractivity contribution in [2.75, 3.05) is 21.3 Å². The van der Waals surface area contributed by atoms with E-state index >= 15 is 0 Å². The highest BCUT2D eigenvalue weighted by atomic mass is 32.2. The summed E-state index contributed by atoms with van der Waals surface area (Å²) >= 11 is 0. The van der Waals surface area contributed by atoms with Gasteiger partial charge in [0.2, 0.25) is 0 Å². The van der Waals surface area contributed by atoms with Crippen LogP contribution < -0.4 is 0 Å². The Kier molecular flexibility index (Phi) is 22.6. The number of aliphatic hydroxyl groups excluding tert-OH is 1. The minimum Gasteiger partial charge on any atom is -0.400 e. The molecule has 9 nitrogen and oxygen atoms in total. The summed E-state index contributed by atoms with van der Waals surface area (Å²) in [6.45, 7) is 19.2. The number of sulfone groups is 1. The molecule has 10 aliphatic carbocycles. The highest BCUT2D eigenvalue weighted by Crippen LogP contribution is 2.71. The van der Waals surface area contributed by atoms with Crippen LogP contribution in [0.5, 0.6) is 0 Å².